The van der Waals surface area contributed by atoms with Crippen LogP contribution in [0.4, 0.5) is 5.95 Å². The van der Waals surface area contributed by atoms with Crippen LogP contribution >= 0.6 is 0 Å². The number of tetrazole rings is 1. The molecule has 7 nitrogen and oxygen atoms in total. The maximum Gasteiger partial charge on any atom is 0.246 e. The van der Waals surface area contributed by atoms with Crippen LogP contribution in [0.3, 0.4) is 0 Å². The number of piperazine rings is 1. The molecule has 134 valence electrons. The van der Waals surface area contributed by atoms with Crippen molar-refractivity contribution in [3.05, 3.63) is 35.9 Å². The number of aromatic nitrogens is 4. The van der Waals surface area contributed by atoms with Gasteiger partial charge in [0, 0.05) is 45.4 Å². The van der Waals surface area contributed by atoms with Crippen LogP contribution in [0.2, 0.25) is 0 Å². The van der Waals surface area contributed by atoms with E-state index in [0.717, 1.165) is 58.2 Å². The second-order valence-corrected chi connectivity index (χ2v) is 6.88. The molecule has 2 saturated heterocycles. The van der Waals surface area contributed by atoms with Crippen molar-refractivity contribution in [3.8, 4) is 0 Å². The van der Waals surface area contributed by atoms with E-state index in [1.165, 1.54) is 5.56 Å². The van der Waals surface area contributed by atoms with Crippen molar-refractivity contribution in [2.45, 2.75) is 31.8 Å². The third-order valence-electron chi connectivity index (χ3n) is 5.43. The summed E-state index contributed by atoms with van der Waals surface area (Å²) in [6.07, 6.45) is 2.31. The van der Waals surface area contributed by atoms with Crippen LogP contribution in [0.1, 0.15) is 31.4 Å². The van der Waals surface area contributed by atoms with Gasteiger partial charge in [0.2, 0.25) is 5.95 Å². The molecule has 0 aliphatic carbocycles. The molecule has 1 aromatic carbocycles. The number of hydrogen-bond donors (Lipinski definition) is 0. The first-order chi connectivity index (χ1) is 12.3. The zero-order valence-electron chi connectivity index (χ0n) is 14.8. The van der Waals surface area contributed by atoms with E-state index in [1.54, 1.807) is 0 Å². The van der Waals surface area contributed by atoms with E-state index >= 15 is 0 Å². The van der Waals surface area contributed by atoms with Gasteiger partial charge in [-0.05, 0) is 35.8 Å². The van der Waals surface area contributed by atoms with Crippen molar-refractivity contribution in [3.63, 3.8) is 0 Å². The number of ether oxygens (including phenoxy) is 1. The first-order valence-corrected chi connectivity index (χ1v) is 9.22. The van der Waals surface area contributed by atoms with Crippen LogP contribution in [-0.2, 0) is 4.74 Å². The molecule has 1 aromatic heterocycles. The number of benzene rings is 1. The lowest BCUT2D eigenvalue weighted by Gasteiger charge is -2.40. The maximum atomic E-state index is 5.49. The van der Waals surface area contributed by atoms with Crippen LogP contribution in [0.5, 0.6) is 0 Å². The summed E-state index contributed by atoms with van der Waals surface area (Å²) < 4.78 is 7.43. The van der Waals surface area contributed by atoms with E-state index in [2.05, 4.69) is 56.5 Å². The third-order valence-corrected chi connectivity index (χ3v) is 5.43. The molecule has 25 heavy (non-hydrogen) atoms. The molecule has 3 heterocycles. The van der Waals surface area contributed by atoms with Gasteiger partial charge in [-0.2, -0.15) is 0 Å². The van der Waals surface area contributed by atoms with Crippen molar-refractivity contribution < 1.29 is 4.74 Å². The lowest BCUT2D eigenvalue weighted by Crippen LogP contribution is -2.52. The quantitative estimate of drug-likeness (QED) is 0.841. The smallest absolute Gasteiger partial charge is 0.246 e. The Balaban J connectivity index is 1.43. The van der Waals surface area contributed by atoms with Gasteiger partial charge in [-0.25, -0.2) is 4.68 Å². The normalized spacial score (nSPS) is 21.4. The molecule has 7 heteroatoms. The fourth-order valence-corrected chi connectivity index (χ4v) is 3.86. The van der Waals surface area contributed by atoms with Crippen LogP contribution < -0.4 is 4.90 Å². The minimum Gasteiger partial charge on any atom is -0.381 e. The highest BCUT2D eigenvalue weighted by Gasteiger charge is 2.28. The molecule has 1 unspecified atom stereocenters. The number of rotatable bonds is 4. The standard InChI is InChI=1S/C18H26N6O/c1-15(16-5-3-2-4-6-16)24-18(19-20-21-24)23-11-9-22(10-12-23)17-7-13-25-14-8-17/h2-6,15,17H,7-14H2,1H3. The molecule has 0 spiro atoms. The molecule has 2 fully saturated rings. The van der Waals surface area contributed by atoms with Gasteiger partial charge in [-0.15, -0.1) is 0 Å². The Morgan fingerprint density at radius 1 is 1.04 bits per heavy atom. The van der Waals surface area contributed by atoms with E-state index in [4.69, 9.17) is 4.74 Å². The van der Waals surface area contributed by atoms with Gasteiger partial charge in [-0.3, -0.25) is 4.90 Å². The summed E-state index contributed by atoms with van der Waals surface area (Å²) in [6, 6.07) is 11.2. The van der Waals surface area contributed by atoms with Gasteiger partial charge >= 0.3 is 0 Å². The molecule has 0 radical (unpaired) electrons. The molecular formula is C18H26N6O. The van der Waals surface area contributed by atoms with E-state index in [0.29, 0.717) is 6.04 Å². The third kappa shape index (κ3) is 3.52. The lowest BCUT2D eigenvalue weighted by molar-refractivity contribution is 0.0320. The molecular weight excluding hydrogens is 316 g/mol. The van der Waals surface area contributed by atoms with Crippen molar-refractivity contribution in [1.29, 1.82) is 0 Å². The van der Waals surface area contributed by atoms with Crippen LogP contribution in [0, 0.1) is 0 Å². The average Bonchev–Trinajstić information content (AvgIpc) is 3.19. The number of hydrogen-bond acceptors (Lipinski definition) is 6. The summed E-state index contributed by atoms with van der Waals surface area (Å²) in [7, 11) is 0. The van der Waals surface area contributed by atoms with Crippen LogP contribution in [0.25, 0.3) is 0 Å². The summed E-state index contributed by atoms with van der Waals surface area (Å²) in [5.74, 6) is 0.878. The minimum absolute atomic E-state index is 0.125. The average molecular weight is 342 g/mol. The first kappa shape index (κ1) is 16.5. The van der Waals surface area contributed by atoms with Crippen molar-refractivity contribution in [2.24, 2.45) is 0 Å². The monoisotopic (exact) mass is 342 g/mol. The predicted octanol–water partition coefficient (Wildman–Crippen LogP) is 1.58. The molecule has 0 amide bonds. The summed E-state index contributed by atoms with van der Waals surface area (Å²) in [5, 5.41) is 12.5. The fourth-order valence-electron chi connectivity index (χ4n) is 3.86. The summed E-state index contributed by atoms with van der Waals surface area (Å²) in [5.41, 5.74) is 1.22. The highest BCUT2D eigenvalue weighted by molar-refractivity contribution is 5.32. The van der Waals surface area contributed by atoms with E-state index in [1.807, 2.05) is 10.7 Å². The molecule has 0 saturated carbocycles. The summed E-state index contributed by atoms with van der Waals surface area (Å²) in [4.78, 5) is 4.92. The molecule has 0 bridgehead atoms. The zero-order valence-corrected chi connectivity index (χ0v) is 14.8. The lowest BCUT2D eigenvalue weighted by atomic mass is 10.1. The van der Waals surface area contributed by atoms with E-state index in [-0.39, 0.29) is 6.04 Å². The molecule has 2 aliphatic heterocycles. The molecule has 4 rings (SSSR count). The molecule has 0 N–H and O–H groups in total. The Kier molecular flexibility index (Phi) is 4.94. The van der Waals surface area contributed by atoms with Crippen LogP contribution in [-0.4, -0.2) is 70.5 Å². The molecule has 2 aromatic rings. The van der Waals surface area contributed by atoms with Crippen molar-refractivity contribution >= 4 is 5.95 Å². The van der Waals surface area contributed by atoms with Gasteiger partial charge in [-0.1, -0.05) is 35.4 Å². The highest BCUT2D eigenvalue weighted by Crippen LogP contribution is 2.23. The Labute approximate surface area is 148 Å². The number of nitrogens with zero attached hydrogens (tertiary/aromatic N) is 6. The second-order valence-electron chi connectivity index (χ2n) is 6.88. The largest absolute Gasteiger partial charge is 0.381 e. The second kappa shape index (κ2) is 7.49. The fraction of sp³-hybridized carbons (Fsp3) is 0.611. The summed E-state index contributed by atoms with van der Waals surface area (Å²) in [6.45, 7) is 8.02. The van der Waals surface area contributed by atoms with E-state index in [9.17, 15) is 0 Å². The Bertz CT molecular complexity index is 661. The zero-order chi connectivity index (χ0) is 17.1. The number of anilines is 1. The van der Waals surface area contributed by atoms with Gasteiger partial charge in [0.25, 0.3) is 0 Å². The van der Waals surface area contributed by atoms with Crippen molar-refractivity contribution in [2.75, 3.05) is 44.3 Å². The SMILES string of the molecule is CC(c1ccccc1)n1nnnc1N1CCN(C2CCOCC2)CC1. The van der Waals surface area contributed by atoms with Gasteiger partial charge in [0.15, 0.2) is 0 Å². The summed E-state index contributed by atoms with van der Waals surface area (Å²) >= 11 is 0. The first-order valence-electron chi connectivity index (χ1n) is 9.22. The van der Waals surface area contributed by atoms with Crippen molar-refractivity contribution in [1.82, 2.24) is 25.1 Å². The predicted molar refractivity (Wildman–Crippen MR) is 95.7 cm³/mol. The minimum atomic E-state index is 0.125. The Morgan fingerprint density at radius 3 is 2.48 bits per heavy atom. The topological polar surface area (TPSA) is 59.3 Å². The maximum absolute atomic E-state index is 5.49. The van der Waals surface area contributed by atoms with Gasteiger partial charge in [0.1, 0.15) is 0 Å². The van der Waals surface area contributed by atoms with Gasteiger partial charge in [0.05, 0.1) is 6.04 Å². The Morgan fingerprint density at radius 2 is 1.76 bits per heavy atom. The Hall–Kier alpha value is -1.99. The van der Waals surface area contributed by atoms with E-state index < -0.39 is 0 Å². The van der Waals surface area contributed by atoms with Gasteiger partial charge < -0.3 is 9.64 Å². The molecule has 1 atom stereocenters. The molecule has 2 aliphatic rings. The highest BCUT2D eigenvalue weighted by atomic mass is 16.5. The van der Waals surface area contributed by atoms with Crippen LogP contribution in [0.15, 0.2) is 30.3 Å².